The Hall–Kier alpha value is -2.16. The number of amides is 1. The molecule has 0 aliphatic rings. The van der Waals surface area contributed by atoms with E-state index in [1.807, 2.05) is 66.5 Å². The van der Waals surface area contributed by atoms with Crippen molar-refractivity contribution in [2.75, 3.05) is 5.32 Å². The van der Waals surface area contributed by atoms with Crippen LogP contribution in [0.1, 0.15) is 12.0 Å². The third kappa shape index (κ3) is 3.70. The first-order valence-corrected chi connectivity index (χ1v) is 6.03. The number of hydrogen-bond donors (Lipinski definition) is 1. The molecule has 1 amide bonds. The van der Waals surface area contributed by atoms with Crippen molar-refractivity contribution in [2.24, 2.45) is 7.05 Å². The maximum absolute atomic E-state index is 11.7. The number of nitrogens with one attached hydrogen (secondary N) is 1. The van der Waals surface area contributed by atoms with Gasteiger partial charge in [0.15, 0.2) is 12.4 Å². The number of aryl methyl sites for hydroxylation is 2. The van der Waals surface area contributed by atoms with Crippen LogP contribution >= 0.6 is 0 Å². The molecule has 2 aromatic rings. The van der Waals surface area contributed by atoms with Crippen LogP contribution in [0.3, 0.4) is 0 Å². The first-order chi connectivity index (χ1) is 8.74. The van der Waals surface area contributed by atoms with Crippen molar-refractivity contribution in [1.82, 2.24) is 0 Å². The lowest BCUT2D eigenvalue weighted by atomic mass is 10.1. The number of para-hydroxylation sites is 1. The number of nitrogens with zero attached hydrogens (tertiary/aromatic N) is 1. The van der Waals surface area contributed by atoms with Crippen molar-refractivity contribution in [2.45, 2.75) is 12.8 Å². The lowest BCUT2D eigenvalue weighted by Crippen LogP contribution is -2.26. The highest BCUT2D eigenvalue weighted by atomic mass is 16.1. The zero-order valence-corrected chi connectivity index (χ0v) is 10.5. The monoisotopic (exact) mass is 241 g/mol. The summed E-state index contributed by atoms with van der Waals surface area (Å²) in [5.41, 5.74) is 2.03. The van der Waals surface area contributed by atoms with E-state index in [1.54, 1.807) is 0 Å². The molecule has 0 saturated heterocycles. The summed E-state index contributed by atoms with van der Waals surface area (Å²) in [6, 6.07) is 13.6. The van der Waals surface area contributed by atoms with Gasteiger partial charge in [-0.05, 0) is 24.1 Å². The molecule has 1 N–H and O–H groups in total. The van der Waals surface area contributed by atoms with Gasteiger partial charge in [-0.15, -0.1) is 0 Å². The Labute approximate surface area is 107 Å². The molecule has 1 aromatic heterocycles. The molecule has 3 heteroatoms. The van der Waals surface area contributed by atoms with Crippen molar-refractivity contribution in [3.8, 4) is 0 Å². The predicted molar refractivity (Wildman–Crippen MR) is 71.0 cm³/mol. The summed E-state index contributed by atoms with van der Waals surface area (Å²) >= 11 is 0. The SMILES string of the molecule is C[n+]1ccc(CCC(=O)Nc2ccccc2)cc1. The average molecular weight is 241 g/mol. The van der Waals surface area contributed by atoms with E-state index in [4.69, 9.17) is 0 Å². The van der Waals surface area contributed by atoms with Crippen LogP contribution in [0.5, 0.6) is 0 Å². The summed E-state index contributed by atoms with van der Waals surface area (Å²) in [6.45, 7) is 0. The number of carbonyl (C=O) groups excluding carboxylic acids is 1. The number of pyridine rings is 1. The van der Waals surface area contributed by atoms with Crippen LogP contribution < -0.4 is 9.88 Å². The van der Waals surface area contributed by atoms with Gasteiger partial charge in [-0.25, -0.2) is 4.57 Å². The molecule has 0 radical (unpaired) electrons. The average Bonchev–Trinajstić information content (AvgIpc) is 2.39. The third-order valence-corrected chi connectivity index (χ3v) is 2.75. The van der Waals surface area contributed by atoms with Crippen molar-refractivity contribution >= 4 is 11.6 Å². The van der Waals surface area contributed by atoms with Gasteiger partial charge in [0.25, 0.3) is 0 Å². The second kappa shape index (κ2) is 5.96. The van der Waals surface area contributed by atoms with Crippen molar-refractivity contribution < 1.29 is 9.36 Å². The molecular weight excluding hydrogens is 224 g/mol. The Morgan fingerprint density at radius 1 is 1.11 bits per heavy atom. The molecule has 0 unspecified atom stereocenters. The summed E-state index contributed by atoms with van der Waals surface area (Å²) < 4.78 is 1.98. The number of anilines is 1. The van der Waals surface area contributed by atoms with Crippen LogP contribution in [0.15, 0.2) is 54.9 Å². The van der Waals surface area contributed by atoms with E-state index in [9.17, 15) is 4.79 Å². The maximum Gasteiger partial charge on any atom is 0.224 e. The van der Waals surface area contributed by atoms with Gasteiger partial charge in [0, 0.05) is 24.2 Å². The minimum Gasteiger partial charge on any atom is -0.326 e. The number of aromatic nitrogens is 1. The van der Waals surface area contributed by atoms with Gasteiger partial charge < -0.3 is 5.32 Å². The second-order valence-corrected chi connectivity index (χ2v) is 4.29. The smallest absolute Gasteiger partial charge is 0.224 e. The summed E-state index contributed by atoms with van der Waals surface area (Å²) in [5.74, 6) is 0.0504. The summed E-state index contributed by atoms with van der Waals surface area (Å²) in [7, 11) is 1.98. The van der Waals surface area contributed by atoms with E-state index < -0.39 is 0 Å². The first-order valence-electron chi connectivity index (χ1n) is 6.03. The first kappa shape index (κ1) is 12.3. The Balaban J connectivity index is 1.83. The van der Waals surface area contributed by atoms with E-state index in [1.165, 1.54) is 5.56 Å². The summed E-state index contributed by atoms with van der Waals surface area (Å²) in [4.78, 5) is 11.7. The molecule has 2 rings (SSSR count). The lowest BCUT2D eigenvalue weighted by molar-refractivity contribution is -0.671. The van der Waals surface area contributed by atoms with Gasteiger partial charge in [-0.1, -0.05) is 18.2 Å². The minimum absolute atomic E-state index is 0.0504. The van der Waals surface area contributed by atoms with E-state index in [2.05, 4.69) is 5.32 Å². The fourth-order valence-corrected chi connectivity index (χ4v) is 1.70. The van der Waals surface area contributed by atoms with E-state index >= 15 is 0 Å². The fourth-order valence-electron chi connectivity index (χ4n) is 1.70. The van der Waals surface area contributed by atoms with Gasteiger partial charge in [0.05, 0.1) is 0 Å². The number of hydrogen-bond acceptors (Lipinski definition) is 1. The third-order valence-electron chi connectivity index (χ3n) is 2.75. The zero-order chi connectivity index (χ0) is 12.8. The van der Waals surface area contributed by atoms with Gasteiger partial charge >= 0.3 is 0 Å². The highest BCUT2D eigenvalue weighted by Gasteiger charge is 2.03. The zero-order valence-electron chi connectivity index (χ0n) is 10.5. The van der Waals surface area contributed by atoms with Crippen LogP contribution in [-0.2, 0) is 18.3 Å². The number of carbonyl (C=O) groups is 1. The Morgan fingerprint density at radius 3 is 2.44 bits per heavy atom. The van der Waals surface area contributed by atoms with Crippen LogP contribution in [0.25, 0.3) is 0 Å². The molecular formula is C15H17N2O+. The lowest BCUT2D eigenvalue weighted by Gasteiger charge is -2.04. The highest BCUT2D eigenvalue weighted by molar-refractivity contribution is 5.90. The van der Waals surface area contributed by atoms with Crippen molar-refractivity contribution in [3.05, 3.63) is 60.4 Å². The molecule has 0 aliphatic carbocycles. The van der Waals surface area contributed by atoms with Crippen LogP contribution in [0, 0.1) is 0 Å². The van der Waals surface area contributed by atoms with Gasteiger partial charge in [-0.3, -0.25) is 4.79 Å². The van der Waals surface area contributed by atoms with Gasteiger partial charge in [0.2, 0.25) is 5.91 Å². The highest BCUT2D eigenvalue weighted by Crippen LogP contribution is 2.07. The maximum atomic E-state index is 11.7. The number of rotatable bonds is 4. The summed E-state index contributed by atoms with van der Waals surface area (Å²) in [6.07, 6.45) is 5.25. The second-order valence-electron chi connectivity index (χ2n) is 4.29. The number of benzene rings is 1. The van der Waals surface area contributed by atoms with Gasteiger partial charge in [-0.2, -0.15) is 0 Å². The minimum atomic E-state index is 0.0504. The predicted octanol–water partition coefficient (Wildman–Crippen LogP) is 2.08. The van der Waals surface area contributed by atoms with Crippen LogP contribution in [-0.4, -0.2) is 5.91 Å². The molecule has 92 valence electrons. The van der Waals surface area contributed by atoms with E-state index in [0.29, 0.717) is 6.42 Å². The normalized spacial score (nSPS) is 10.1. The topological polar surface area (TPSA) is 33.0 Å². The Bertz CT molecular complexity index is 506. The largest absolute Gasteiger partial charge is 0.326 e. The fraction of sp³-hybridized carbons (Fsp3) is 0.200. The van der Waals surface area contributed by atoms with Crippen molar-refractivity contribution in [1.29, 1.82) is 0 Å². The molecule has 0 fully saturated rings. The summed E-state index contributed by atoms with van der Waals surface area (Å²) in [5, 5.41) is 2.88. The van der Waals surface area contributed by atoms with Gasteiger partial charge in [0.1, 0.15) is 7.05 Å². The quantitative estimate of drug-likeness (QED) is 0.817. The molecule has 18 heavy (non-hydrogen) atoms. The van der Waals surface area contributed by atoms with E-state index in [0.717, 1.165) is 12.1 Å². The molecule has 1 aromatic carbocycles. The van der Waals surface area contributed by atoms with Crippen LogP contribution in [0.4, 0.5) is 5.69 Å². The van der Waals surface area contributed by atoms with E-state index in [-0.39, 0.29) is 5.91 Å². The molecule has 0 aliphatic heterocycles. The molecule has 0 bridgehead atoms. The Morgan fingerprint density at radius 2 is 1.78 bits per heavy atom. The Kier molecular flexibility index (Phi) is 4.07. The molecule has 0 spiro atoms. The van der Waals surface area contributed by atoms with Crippen LogP contribution in [0.2, 0.25) is 0 Å². The molecule has 0 atom stereocenters. The standard InChI is InChI=1S/C15H16N2O/c1-17-11-9-13(10-12-17)7-8-15(18)16-14-5-3-2-4-6-14/h2-6,9-12H,7-8H2,1H3/p+1. The molecule has 0 saturated carbocycles. The van der Waals surface area contributed by atoms with Crippen molar-refractivity contribution in [3.63, 3.8) is 0 Å². The molecule has 1 heterocycles. The molecule has 3 nitrogen and oxygen atoms in total.